The smallest absolute Gasteiger partial charge is 0.251 e. The van der Waals surface area contributed by atoms with Gasteiger partial charge in [-0.2, -0.15) is 15.0 Å². The molecule has 0 aliphatic heterocycles. The number of nitrogens with zero attached hydrogens (tertiary/aromatic N) is 3. The number of ether oxygens (including phenoxy) is 3. The van der Waals surface area contributed by atoms with Crippen molar-refractivity contribution < 1.29 is 23.4 Å². The molecule has 0 aliphatic rings. The first-order valence-corrected chi connectivity index (χ1v) is 14.1. The molecule has 0 saturated heterocycles. The first-order chi connectivity index (χ1) is 21.5. The maximum absolute atomic E-state index is 13.7. The predicted octanol–water partition coefficient (Wildman–Crippen LogP) is 3.71. The Morgan fingerprint density at radius 3 is 2.11 bits per heavy atom. The molecule has 4 rings (SSSR count). The van der Waals surface area contributed by atoms with Crippen LogP contribution in [0.4, 0.5) is 27.9 Å². The van der Waals surface area contributed by atoms with E-state index in [9.17, 15) is 9.18 Å². The van der Waals surface area contributed by atoms with Crippen LogP contribution >= 0.6 is 0 Å². The summed E-state index contributed by atoms with van der Waals surface area (Å²) in [5, 5.41) is 12.3. The van der Waals surface area contributed by atoms with Crippen molar-refractivity contribution >= 4 is 29.4 Å². The fourth-order valence-corrected chi connectivity index (χ4v) is 3.92. The molecule has 3 aromatic carbocycles. The number of nitrogens with one attached hydrogen (secondary N) is 4. The Bertz CT molecular complexity index is 1460. The fraction of sp³-hybridized carbons (Fsp3) is 0.290. The van der Waals surface area contributed by atoms with Gasteiger partial charge in [-0.15, -0.1) is 0 Å². The highest BCUT2D eigenvalue weighted by atomic mass is 19.1. The largest absolute Gasteiger partial charge is 0.497 e. The second kappa shape index (κ2) is 17.3. The van der Waals surface area contributed by atoms with E-state index in [4.69, 9.17) is 19.9 Å². The molecule has 1 amide bonds. The van der Waals surface area contributed by atoms with Gasteiger partial charge in [0.25, 0.3) is 5.91 Å². The lowest BCUT2D eigenvalue weighted by Crippen LogP contribution is -2.27. The molecule has 0 spiro atoms. The number of amides is 1. The zero-order chi connectivity index (χ0) is 31.0. The fourth-order valence-electron chi connectivity index (χ4n) is 3.92. The van der Waals surface area contributed by atoms with Gasteiger partial charge in [-0.25, -0.2) is 4.39 Å². The molecule has 12 nitrogen and oxygen atoms in total. The van der Waals surface area contributed by atoms with Gasteiger partial charge in [0.05, 0.1) is 33.5 Å². The minimum absolute atomic E-state index is 0.214. The van der Waals surface area contributed by atoms with Gasteiger partial charge in [0.15, 0.2) is 0 Å². The summed E-state index contributed by atoms with van der Waals surface area (Å²) in [6, 6.07) is 20.9. The maximum atomic E-state index is 13.7. The maximum Gasteiger partial charge on any atom is 0.251 e. The lowest BCUT2D eigenvalue weighted by Gasteiger charge is -2.12. The molecular formula is C31H37FN8O4. The third-order valence-corrected chi connectivity index (χ3v) is 6.15. The van der Waals surface area contributed by atoms with Gasteiger partial charge in [-0.3, -0.25) is 4.79 Å². The molecule has 44 heavy (non-hydrogen) atoms. The van der Waals surface area contributed by atoms with Crippen LogP contribution in [0.1, 0.15) is 21.5 Å². The SMILES string of the molecule is COc1ccc(CNc2nc(NCc3cccc(F)c3)nc(Nc3ccc(C(=O)NCCOCCOCCN)cc3)n2)cc1. The summed E-state index contributed by atoms with van der Waals surface area (Å²) in [4.78, 5) is 26.0. The van der Waals surface area contributed by atoms with Crippen LogP contribution in [0, 0.1) is 5.82 Å². The van der Waals surface area contributed by atoms with E-state index in [2.05, 4.69) is 36.2 Å². The van der Waals surface area contributed by atoms with Crippen LogP contribution in [0.5, 0.6) is 5.75 Å². The molecule has 1 heterocycles. The minimum atomic E-state index is -0.321. The molecule has 0 aliphatic carbocycles. The summed E-state index contributed by atoms with van der Waals surface area (Å²) >= 11 is 0. The number of methoxy groups -OCH3 is 1. The van der Waals surface area contributed by atoms with Gasteiger partial charge in [0.1, 0.15) is 11.6 Å². The standard InChI is InChI=1S/C31H37FN8O4/c1-42-27-11-5-22(6-12-27)20-35-29-38-30(36-21-23-3-2-4-25(32)19-23)40-31(39-29)37-26-9-7-24(8-10-26)28(41)34-14-16-44-18-17-43-15-13-33/h2-12,19H,13-18,20-21,33H2,1H3,(H,34,41)(H3,35,36,37,38,39,40). The highest BCUT2D eigenvalue weighted by molar-refractivity contribution is 5.94. The van der Waals surface area contributed by atoms with Crippen molar-refractivity contribution in [1.29, 1.82) is 0 Å². The van der Waals surface area contributed by atoms with Crippen LogP contribution in [-0.4, -0.2) is 67.5 Å². The summed E-state index contributed by atoms with van der Waals surface area (Å²) in [7, 11) is 1.62. The summed E-state index contributed by atoms with van der Waals surface area (Å²) in [5.74, 6) is 1.15. The number of carbonyl (C=O) groups excluding carboxylic acids is 1. The number of nitrogens with two attached hydrogens (primary N) is 1. The van der Waals surface area contributed by atoms with E-state index in [0.717, 1.165) is 16.9 Å². The Morgan fingerprint density at radius 2 is 1.45 bits per heavy atom. The minimum Gasteiger partial charge on any atom is -0.497 e. The van der Waals surface area contributed by atoms with Crippen LogP contribution in [0.25, 0.3) is 0 Å². The van der Waals surface area contributed by atoms with Crippen molar-refractivity contribution in [2.24, 2.45) is 5.73 Å². The quantitative estimate of drug-likeness (QED) is 0.105. The molecule has 0 bridgehead atoms. The molecular weight excluding hydrogens is 567 g/mol. The van der Waals surface area contributed by atoms with Crippen LogP contribution in [0.15, 0.2) is 72.8 Å². The summed E-state index contributed by atoms with van der Waals surface area (Å²) in [5.41, 5.74) is 8.28. The van der Waals surface area contributed by atoms with E-state index in [1.807, 2.05) is 30.3 Å². The number of rotatable bonds is 18. The number of hydrogen-bond acceptors (Lipinski definition) is 11. The Hall–Kier alpha value is -4.85. The molecule has 1 aromatic heterocycles. The molecule has 6 N–H and O–H groups in total. The number of carbonyl (C=O) groups is 1. The van der Waals surface area contributed by atoms with Crippen LogP contribution in [-0.2, 0) is 22.6 Å². The lowest BCUT2D eigenvalue weighted by molar-refractivity contribution is 0.0511. The molecule has 4 aromatic rings. The highest BCUT2D eigenvalue weighted by Gasteiger charge is 2.10. The highest BCUT2D eigenvalue weighted by Crippen LogP contribution is 2.18. The van der Waals surface area contributed by atoms with Gasteiger partial charge >= 0.3 is 0 Å². The second-order valence-electron chi connectivity index (χ2n) is 9.46. The molecule has 0 unspecified atom stereocenters. The zero-order valence-corrected chi connectivity index (χ0v) is 24.5. The van der Waals surface area contributed by atoms with E-state index in [-0.39, 0.29) is 17.7 Å². The molecule has 0 saturated carbocycles. The normalized spacial score (nSPS) is 10.7. The molecule has 13 heteroatoms. The van der Waals surface area contributed by atoms with Crippen LogP contribution in [0.2, 0.25) is 0 Å². The molecule has 232 valence electrons. The van der Waals surface area contributed by atoms with E-state index in [0.29, 0.717) is 75.8 Å². The van der Waals surface area contributed by atoms with Gasteiger partial charge in [0.2, 0.25) is 17.8 Å². The average Bonchev–Trinajstić information content (AvgIpc) is 3.04. The summed E-state index contributed by atoms with van der Waals surface area (Å²) < 4.78 is 29.5. The van der Waals surface area contributed by atoms with Gasteiger partial charge < -0.3 is 41.2 Å². The van der Waals surface area contributed by atoms with Crippen molar-refractivity contribution in [3.05, 3.63) is 95.3 Å². The van der Waals surface area contributed by atoms with Crippen molar-refractivity contribution in [2.45, 2.75) is 13.1 Å². The average molecular weight is 605 g/mol. The number of benzene rings is 3. The predicted molar refractivity (Wildman–Crippen MR) is 167 cm³/mol. The number of halogens is 1. The molecule has 0 radical (unpaired) electrons. The second-order valence-corrected chi connectivity index (χ2v) is 9.46. The first kappa shape index (κ1) is 32.1. The molecule has 0 fully saturated rings. The Morgan fingerprint density at radius 1 is 0.795 bits per heavy atom. The van der Waals surface area contributed by atoms with Gasteiger partial charge in [-0.05, 0) is 59.7 Å². The monoisotopic (exact) mass is 604 g/mol. The van der Waals surface area contributed by atoms with Gasteiger partial charge in [-0.1, -0.05) is 24.3 Å². The molecule has 0 atom stereocenters. The zero-order valence-electron chi connectivity index (χ0n) is 24.5. The van der Waals surface area contributed by atoms with Crippen molar-refractivity contribution in [2.75, 3.05) is 62.6 Å². The van der Waals surface area contributed by atoms with Crippen LogP contribution in [0.3, 0.4) is 0 Å². The van der Waals surface area contributed by atoms with Crippen molar-refractivity contribution in [3.8, 4) is 5.75 Å². The van der Waals surface area contributed by atoms with Crippen molar-refractivity contribution in [1.82, 2.24) is 20.3 Å². The number of aromatic nitrogens is 3. The van der Waals surface area contributed by atoms with E-state index >= 15 is 0 Å². The Balaban J connectivity index is 1.37. The van der Waals surface area contributed by atoms with Crippen LogP contribution < -0.4 is 31.7 Å². The Kier molecular flexibility index (Phi) is 12.6. The van der Waals surface area contributed by atoms with E-state index in [1.165, 1.54) is 12.1 Å². The number of anilines is 4. The van der Waals surface area contributed by atoms with E-state index < -0.39 is 0 Å². The first-order valence-electron chi connectivity index (χ1n) is 14.1. The third kappa shape index (κ3) is 10.8. The third-order valence-electron chi connectivity index (χ3n) is 6.15. The van der Waals surface area contributed by atoms with Gasteiger partial charge in [0, 0.05) is 37.4 Å². The summed E-state index contributed by atoms with van der Waals surface area (Å²) in [6.45, 7) is 3.40. The summed E-state index contributed by atoms with van der Waals surface area (Å²) in [6.07, 6.45) is 0. The topological polar surface area (TPSA) is 158 Å². The Labute approximate surface area is 255 Å². The van der Waals surface area contributed by atoms with Crippen molar-refractivity contribution in [3.63, 3.8) is 0 Å². The van der Waals surface area contributed by atoms with E-state index in [1.54, 1.807) is 37.4 Å². The number of hydrogen-bond donors (Lipinski definition) is 5. The lowest BCUT2D eigenvalue weighted by atomic mass is 10.2.